The van der Waals surface area contributed by atoms with Crippen molar-refractivity contribution in [1.82, 2.24) is 0 Å². The molecule has 200 valence electrons. The maximum Gasteiger partial charge on any atom is 0.338 e. The molecule has 0 spiro atoms. The number of nitrogens with zero attached hydrogens (tertiary/aromatic N) is 1. The van der Waals surface area contributed by atoms with E-state index in [1.54, 1.807) is 24.3 Å². The number of unbranched alkanes of at least 4 members (excludes halogenated alkanes) is 14. The number of rotatable bonds is 19. The fourth-order valence-electron chi connectivity index (χ4n) is 4.66. The Morgan fingerprint density at radius 3 is 1.75 bits per heavy atom. The summed E-state index contributed by atoms with van der Waals surface area (Å²) in [6.07, 6.45) is 22.6. The molecule has 0 amide bonds. The summed E-state index contributed by atoms with van der Waals surface area (Å²) in [7, 11) is 0. The van der Waals surface area contributed by atoms with E-state index in [-0.39, 0.29) is 17.5 Å². The lowest BCUT2D eigenvalue weighted by Crippen LogP contribution is -2.29. The maximum absolute atomic E-state index is 12.2. The average Bonchev–Trinajstić information content (AvgIpc) is 2.88. The van der Waals surface area contributed by atoms with Crippen molar-refractivity contribution in [3.8, 4) is 0 Å². The van der Waals surface area contributed by atoms with Gasteiger partial charge in [-0.2, -0.15) is 0 Å². The van der Waals surface area contributed by atoms with E-state index in [1.165, 1.54) is 89.7 Å². The molecule has 0 N–H and O–H groups in total. The number of aliphatic imine (C=N–C) groups is 1. The van der Waals surface area contributed by atoms with Crippen LogP contribution in [0.4, 0.5) is 5.69 Å². The predicted molar refractivity (Wildman–Crippen MR) is 147 cm³/mol. The lowest BCUT2D eigenvalue weighted by atomic mass is 9.87. The Bertz CT molecular complexity index is 783. The minimum atomic E-state index is -0.724. The Hall–Kier alpha value is -2.30. The van der Waals surface area contributed by atoms with Gasteiger partial charge in [-0.15, -0.1) is 0 Å². The van der Waals surface area contributed by atoms with Crippen LogP contribution >= 0.6 is 0 Å². The molecule has 1 saturated carbocycles. The van der Waals surface area contributed by atoms with E-state index in [0.717, 1.165) is 12.8 Å². The monoisotopic (exact) mass is 497 g/mol. The van der Waals surface area contributed by atoms with Crippen molar-refractivity contribution in [3.63, 3.8) is 0 Å². The minimum absolute atomic E-state index is 0.0611. The molecule has 36 heavy (non-hydrogen) atoms. The van der Waals surface area contributed by atoms with Crippen molar-refractivity contribution < 1.29 is 19.1 Å². The molecule has 2 rings (SSSR count). The third-order valence-electron chi connectivity index (χ3n) is 7.00. The molecule has 0 heterocycles. The molecular formula is C31H47NO4. The van der Waals surface area contributed by atoms with Crippen LogP contribution in [0.2, 0.25) is 0 Å². The van der Waals surface area contributed by atoms with Gasteiger partial charge in [0.2, 0.25) is 0 Å². The highest BCUT2D eigenvalue weighted by Crippen LogP contribution is 2.19. The standard InChI is InChI=1S/C31H47NO4/c1-2-3-4-5-6-7-8-9-10-11-12-13-14-15-16-24-36-31(35)26-20-22-27(23-21-26)32-25-28-29(33)18-17-19-30(28)34/h20-23,25,28H,2-19,24H2,1H3. The van der Waals surface area contributed by atoms with E-state index in [2.05, 4.69) is 11.9 Å². The van der Waals surface area contributed by atoms with Gasteiger partial charge in [0.15, 0.2) is 0 Å². The van der Waals surface area contributed by atoms with Crippen LogP contribution in [0.15, 0.2) is 29.3 Å². The summed E-state index contributed by atoms with van der Waals surface area (Å²) in [6, 6.07) is 6.76. The lowest BCUT2D eigenvalue weighted by molar-refractivity contribution is -0.132. The van der Waals surface area contributed by atoms with E-state index < -0.39 is 5.92 Å². The molecule has 0 aromatic heterocycles. The van der Waals surface area contributed by atoms with Gasteiger partial charge >= 0.3 is 5.97 Å². The molecular weight excluding hydrogens is 450 g/mol. The highest BCUT2D eigenvalue weighted by molar-refractivity contribution is 6.16. The molecule has 1 aliphatic rings. The number of hydrogen-bond acceptors (Lipinski definition) is 5. The average molecular weight is 498 g/mol. The summed E-state index contributed by atoms with van der Waals surface area (Å²) in [6.45, 7) is 2.72. The van der Waals surface area contributed by atoms with E-state index in [9.17, 15) is 14.4 Å². The zero-order valence-electron chi connectivity index (χ0n) is 22.5. The van der Waals surface area contributed by atoms with Gasteiger partial charge < -0.3 is 4.74 Å². The summed E-state index contributed by atoms with van der Waals surface area (Å²) >= 11 is 0. The molecule has 0 aliphatic heterocycles. The second-order valence-corrected chi connectivity index (χ2v) is 10.2. The SMILES string of the molecule is CCCCCCCCCCCCCCCCCOC(=O)c1ccc(N=CC2C(=O)CCCC2=O)cc1. The Morgan fingerprint density at radius 2 is 1.25 bits per heavy atom. The largest absolute Gasteiger partial charge is 0.462 e. The highest BCUT2D eigenvalue weighted by atomic mass is 16.5. The van der Waals surface area contributed by atoms with Crippen LogP contribution < -0.4 is 0 Å². The van der Waals surface area contributed by atoms with Crippen LogP contribution in [0.3, 0.4) is 0 Å². The molecule has 1 aliphatic carbocycles. The van der Waals surface area contributed by atoms with Crippen molar-refractivity contribution in [2.24, 2.45) is 10.9 Å². The van der Waals surface area contributed by atoms with Crippen LogP contribution in [-0.4, -0.2) is 30.4 Å². The predicted octanol–water partition coefficient (Wildman–Crippen LogP) is 8.36. The molecule has 0 bridgehead atoms. The molecule has 0 atom stereocenters. The van der Waals surface area contributed by atoms with Gasteiger partial charge in [-0.25, -0.2) is 4.79 Å². The number of ether oxygens (including phenoxy) is 1. The first-order valence-corrected chi connectivity index (χ1v) is 14.5. The number of hydrogen-bond donors (Lipinski definition) is 0. The van der Waals surface area contributed by atoms with Crippen molar-refractivity contribution in [1.29, 1.82) is 0 Å². The quantitative estimate of drug-likeness (QED) is 0.0833. The number of esters is 1. The lowest BCUT2D eigenvalue weighted by Gasteiger charge is -2.14. The number of Topliss-reactive ketones (excluding diaryl/α,β-unsaturated/α-hetero) is 2. The van der Waals surface area contributed by atoms with Gasteiger partial charge in [0.1, 0.15) is 17.5 Å². The number of ketones is 2. The van der Waals surface area contributed by atoms with Crippen molar-refractivity contribution >= 4 is 29.4 Å². The van der Waals surface area contributed by atoms with Crippen LogP contribution in [0.25, 0.3) is 0 Å². The first-order valence-electron chi connectivity index (χ1n) is 14.5. The van der Waals surface area contributed by atoms with Gasteiger partial charge in [-0.05, 0) is 37.1 Å². The van der Waals surface area contributed by atoms with Crippen molar-refractivity contribution in [2.45, 2.75) is 122 Å². The number of benzene rings is 1. The molecule has 0 unspecified atom stereocenters. The summed E-state index contributed by atoms with van der Waals surface area (Å²) in [5.41, 5.74) is 1.10. The fraction of sp³-hybridized carbons (Fsp3) is 0.677. The Morgan fingerprint density at radius 1 is 0.778 bits per heavy atom. The first kappa shape index (κ1) is 29.9. The van der Waals surface area contributed by atoms with Crippen LogP contribution in [0, 0.1) is 5.92 Å². The summed E-state index contributed by atoms with van der Waals surface area (Å²) in [5.74, 6) is -1.17. The Labute approximate surface area is 218 Å². The van der Waals surface area contributed by atoms with E-state index in [1.807, 2.05) is 0 Å². The van der Waals surface area contributed by atoms with Gasteiger partial charge in [0, 0.05) is 19.1 Å². The molecule has 1 aromatic rings. The van der Waals surface area contributed by atoms with Crippen LogP contribution in [-0.2, 0) is 14.3 Å². The first-order chi connectivity index (χ1) is 17.6. The van der Waals surface area contributed by atoms with Crippen LogP contribution in [0.1, 0.15) is 133 Å². The van der Waals surface area contributed by atoms with Crippen molar-refractivity contribution in [3.05, 3.63) is 29.8 Å². The summed E-state index contributed by atoms with van der Waals surface area (Å²) < 4.78 is 5.40. The highest BCUT2D eigenvalue weighted by Gasteiger charge is 2.28. The molecule has 0 radical (unpaired) electrons. The van der Waals surface area contributed by atoms with Crippen molar-refractivity contribution in [2.75, 3.05) is 6.61 Å². The number of carbonyl (C=O) groups is 3. The second kappa shape index (κ2) is 18.9. The van der Waals surface area contributed by atoms with Gasteiger partial charge in [-0.1, -0.05) is 96.8 Å². The normalized spacial score (nSPS) is 14.6. The van der Waals surface area contributed by atoms with Gasteiger partial charge in [0.25, 0.3) is 0 Å². The summed E-state index contributed by atoms with van der Waals surface area (Å²) in [4.78, 5) is 40.3. The van der Waals surface area contributed by atoms with E-state index in [4.69, 9.17) is 4.74 Å². The molecule has 0 saturated heterocycles. The zero-order chi connectivity index (χ0) is 25.8. The molecule has 5 heteroatoms. The summed E-state index contributed by atoms with van der Waals surface area (Å²) in [5, 5.41) is 0. The molecule has 1 aromatic carbocycles. The maximum atomic E-state index is 12.2. The van der Waals surface area contributed by atoms with Crippen LogP contribution in [0.5, 0.6) is 0 Å². The van der Waals surface area contributed by atoms with E-state index in [0.29, 0.717) is 37.1 Å². The Kier molecular flexibility index (Phi) is 15.7. The third-order valence-corrected chi connectivity index (χ3v) is 7.00. The molecule has 1 fully saturated rings. The zero-order valence-corrected chi connectivity index (χ0v) is 22.5. The third kappa shape index (κ3) is 12.6. The Balaban J connectivity index is 1.46. The van der Waals surface area contributed by atoms with E-state index >= 15 is 0 Å². The topological polar surface area (TPSA) is 72.8 Å². The minimum Gasteiger partial charge on any atom is -0.462 e. The number of carbonyl (C=O) groups excluding carboxylic acids is 3. The second-order valence-electron chi connectivity index (χ2n) is 10.2. The fourth-order valence-corrected chi connectivity index (χ4v) is 4.66. The smallest absolute Gasteiger partial charge is 0.338 e. The van der Waals surface area contributed by atoms with Gasteiger partial charge in [0.05, 0.1) is 17.9 Å². The van der Waals surface area contributed by atoms with Gasteiger partial charge in [-0.3, -0.25) is 14.6 Å². The molecule has 5 nitrogen and oxygen atoms in total.